The van der Waals surface area contributed by atoms with Crippen molar-refractivity contribution < 1.29 is 9.53 Å². The molecule has 1 atom stereocenters. The maximum Gasteiger partial charge on any atom is 0.230 e. The van der Waals surface area contributed by atoms with Crippen LogP contribution >= 0.6 is 11.8 Å². The van der Waals surface area contributed by atoms with Crippen molar-refractivity contribution in [2.45, 2.75) is 18.1 Å². The van der Waals surface area contributed by atoms with Crippen molar-refractivity contribution in [3.05, 3.63) is 60.2 Å². The lowest BCUT2D eigenvalue weighted by Gasteiger charge is -2.14. The third-order valence-electron chi connectivity index (χ3n) is 4.19. The predicted octanol–water partition coefficient (Wildman–Crippen LogP) is 3.46. The Labute approximate surface area is 163 Å². The molecule has 1 unspecified atom stereocenters. The van der Waals surface area contributed by atoms with Crippen LogP contribution in [0.2, 0.25) is 0 Å². The van der Waals surface area contributed by atoms with Crippen molar-refractivity contribution in [3.8, 4) is 17.1 Å². The molecule has 0 aliphatic rings. The van der Waals surface area contributed by atoms with Crippen LogP contribution in [0.25, 0.3) is 11.4 Å². The molecule has 3 rings (SSSR count). The molecule has 0 radical (unpaired) electrons. The summed E-state index contributed by atoms with van der Waals surface area (Å²) in [6.45, 7) is 1.97. The molecule has 1 aromatic heterocycles. The fourth-order valence-electron chi connectivity index (χ4n) is 2.67. The van der Waals surface area contributed by atoms with Gasteiger partial charge in [-0.05, 0) is 36.8 Å². The van der Waals surface area contributed by atoms with Gasteiger partial charge in [0, 0.05) is 12.6 Å². The zero-order valence-corrected chi connectivity index (χ0v) is 16.4. The van der Waals surface area contributed by atoms with E-state index in [9.17, 15) is 4.79 Å². The van der Waals surface area contributed by atoms with Gasteiger partial charge in [0.15, 0.2) is 11.0 Å². The molecule has 3 aromatic rings. The third kappa shape index (κ3) is 4.68. The number of aromatic nitrogens is 3. The van der Waals surface area contributed by atoms with Gasteiger partial charge in [0.25, 0.3) is 0 Å². The Bertz CT molecular complexity index is 894. The zero-order valence-electron chi connectivity index (χ0n) is 15.5. The van der Waals surface area contributed by atoms with Gasteiger partial charge in [-0.15, -0.1) is 10.2 Å². The number of hydrogen-bond donors (Lipinski definition) is 1. The SMILES string of the molecule is COc1ccc(-c2nnc(SCC(=O)NC(C)c3ccccc3)n2C)cc1. The first-order valence-electron chi connectivity index (χ1n) is 8.59. The summed E-state index contributed by atoms with van der Waals surface area (Å²) in [5.41, 5.74) is 2.02. The largest absolute Gasteiger partial charge is 0.497 e. The molecular weight excluding hydrogens is 360 g/mol. The van der Waals surface area contributed by atoms with Crippen molar-refractivity contribution >= 4 is 17.7 Å². The second-order valence-corrected chi connectivity index (χ2v) is 7.02. The lowest BCUT2D eigenvalue weighted by Crippen LogP contribution is -2.28. The van der Waals surface area contributed by atoms with Gasteiger partial charge < -0.3 is 14.6 Å². The average molecular weight is 382 g/mol. The topological polar surface area (TPSA) is 69.0 Å². The molecule has 0 aliphatic heterocycles. The van der Waals surface area contributed by atoms with E-state index in [4.69, 9.17) is 4.74 Å². The third-order valence-corrected chi connectivity index (χ3v) is 5.21. The second-order valence-electron chi connectivity index (χ2n) is 6.08. The van der Waals surface area contributed by atoms with Gasteiger partial charge in [0.2, 0.25) is 5.91 Å². The molecule has 0 saturated carbocycles. The van der Waals surface area contributed by atoms with Crippen LogP contribution in [-0.2, 0) is 11.8 Å². The van der Waals surface area contributed by atoms with Crippen molar-refractivity contribution in [2.24, 2.45) is 7.05 Å². The quantitative estimate of drug-likeness (QED) is 0.634. The Morgan fingerprint density at radius 1 is 1.15 bits per heavy atom. The number of thioether (sulfide) groups is 1. The number of nitrogens with zero attached hydrogens (tertiary/aromatic N) is 3. The standard InChI is InChI=1S/C20H22N4O2S/c1-14(15-7-5-4-6-8-15)21-18(25)13-27-20-23-22-19(24(20)2)16-9-11-17(26-3)12-10-16/h4-12,14H,13H2,1-3H3,(H,21,25). The molecule has 0 saturated heterocycles. The number of carbonyl (C=O) groups is 1. The van der Waals surface area contributed by atoms with E-state index in [0.717, 1.165) is 22.7 Å². The van der Waals surface area contributed by atoms with E-state index >= 15 is 0 Å². The fraction of sp³-hybridized carbons (Fsp3) is 0.250. The summed E-state index contributed by atoms with van der Waals surface area (Å²) in [6, 6.07) is 17.5. The normalized spacial score (nSPS) is 11.8. The highest BCUT2D eigenvalue weighted by Gasteiger charge is 2.14. The smallest absolute Gasteiger partial charge is 0.230 e. The molecule has 1 heterocycles. The molecule has 1 N–H and O–H groups in total. The first-order chi connectivity index (χ1) is 13.1. The average Bonchev–Trinajstić information content (AvgIpc) is 3.07. The monoisotopic (exact) mass is 382 g/mol. The molecule has 1 amide bonds. The van der Waals surface area contributed by atoms with Crippen molar-refractivity contribution in [2.75, 3.05) is 12.9 Å². The van der Waals surface area contributed by atoms with Crippen LogP contribution in [0, 0.1) is 0 Å². The minimum Gasteiger partial charge on any atom is -0.497 e. The maximum atomic E-state index is 12.3. The van der Waals surface area contributed by atoms with E-state index in [1.54, 1.807) is 7.11 Å². The first-order valence-corrected chi connectivity index (χ1v) is 9.58. The minimum atomic E-state index is -0.0367. The van der Waals surface area contributed by atoms with E-state index in [2.05, 4.69) is 15.5 Å². The fourth-order valence-corrected chi connectivity index (χ4v) is 3.39. The van der Waals surface area contributed by atoms with Crippen LogP contribution in [0.4, 0.5) is 0 Å². The Morgan fingerprint density at radius 3 is 2.52 bits per heavy atom. The van der Waals surface area contributed by atoms with Crippen LogP contribution in [0.3, 0.4) is 0 Å². The number of methoxy groups -OCH3 is 1. The highest BCUT2D eigenvalue weighted by molar-refractivity contribution is 7.99. The summed E-state index contributed by atoms with van der Waals surface area (Å²) in [6.07, 6.45) is 0. The Kier molecular flexibility index (Phi) is 6.13. The number of hydrogen-bond acceptors (Lipinski definition) is 5. The van der Waals surface area contributed by atoms with Crippen LogP contribution < -0.4 is 10.1 Å². The van der Waals surface area contributed by atoms with Crippen LogP contribution in [0.5, 0.6) is 5.75 Å². The molecule has 0 aliphatic carbocycles. The van der Waals surface area contributed by atoms with Crippen molar-refractivity contribution in [1.29, 1.82) is 0 Å². The maximum absolute atomic E-state index is 12.3. The van der Waals surface area contributed by atoms with Crippen LogP contribution in [0.1, 0.15) is 18.5 Å². The van der Waals surface area contributed by atoms with Gasteiger partial charge in [-0.1, -0.05) is 42.1 Å². The number of nitrogens with one attached hydrogen (secondary N) is 1. The summed E-state index contributed by atoms with van der Waals surface area (Å²) in [4.78, 5) is 12.3. The molecular formula is C20H22N4O2S. The van der Waals surface area contributed by atoms with Gasteiger partial charge in [-0.2, -0.15) is 0 Å². The van der Waals surface area contributed by atoms with Gasteiger partial charge in [0.1, 0.15) is 5.75 Å². The van der Waals surface area contributed by atoms with Gasteiger partial charge in [0.05, 0.1) is 18.9 Å². The number of carbonyl (C=O) groups excluding carboxylic acids is 1. The van der Waals surface area contributed by atoms with Crippen molar-refractivity contribution in [3.63, 3.8) is 0 Å². The van der Waals surface area contributed by atoms with E-state index in [1.165, 1.54) is 11.8 Å². The van der Waals surface area contributed by atoms with E-state index in [1.807, 2.05) is 73.1 Å². The van der Waals surface area contributed by atoms with Crippen LogP contribution in [-0.4, -0.2) is 33.5 Å². The lowest BCUT2D eigenvalue weighted by molar-refractivity contribution is -0.119. The molecule has 6 nitrogen and oxygen atoms in total. The number of ether oxygens (including phenoxy) is 1. The first kappa shape index (κ1) is 19.0. The lowest BCUT2D eigenvalue weighted by atomic mass is 10.1. The van der Waals surface area contributed by atoms with E-state index < -0.39 is 0 Å². The Morgan fingerprint density at radius 2 is 1.85 bits per heavy atom. The molecule has 140 valence electrons. The van der Waals surface area contributed by atoms with Gasteiger partial charge in [-0.25, -0.2) is 0 Å². The molecule has 0 fully saturated rings. The molecule has 0 spiro atoms. The summed E-state index contributed by atoms with van der Waals surface area (Å²) >= 11 is 1.37. The Hall–Kier alpha value is -2.80. The van der Waals surface area contributed by atoms with Gasteiger partial charge in [-0.3, -0.25) is 4.79 Å². The number of rotatable bonds is 7. The zero-order chi connectivity index (χ0) is 19.2. The molecule has 0 bridgehead atoms. The molecule has 7 heteroatoms. The van der Waals surface area contributed by atoms with Crippen molar-refractivity contribution in [1.82, 2.24) is 20.1 Å². The summed E-state index contributed by atoms with van der Waals surface area (Å²) in [7, 11) is 3.53. The van der Waals surface area contributed by atoms with E-state index in [-0.39, 0.29) is 17.7 Å². The summed E-state index contributed by atoms with van der Waals surface area (Å²) in [5.74, 6) is 1.79. The second kappa shape index (κ2) is 8.73. The summed E-state index contributed by atoms with van der Waals surface area (Å²) in [5, 5.41) is 12.2. The number of amides is 1. The molecule has 2 aromatic carbocycles. The van der Waals surface area contributed by atoms with Gasteiger partial charge >= 0.3 is 0 Å². The predicted molar refractivity (Wildman–Crippen MR) is 107 cm³/mol. The highest BCUT2D eigenvalue weighted by Crippen LogP contribution is 2.24. The highest BCUT2D eigenvalue weighted by atomic mass is 32.2. The van der Waals surface area contributed by atoms with E-state index in [0.29, 0.717) is 5.16 Å². The summed E-state index contributed by atoms with van der Waals surface area (Å²) < 4.78 is 7.07. The molecule has 27 heavy (non-hydrogen) atoms. The van der Waals surface area contributed by atoms with Crippen LogP contribution in [0.15, 0.2) is 59.8 Å². The number of benzene rings is 2. The minimum absolute atomic E-state index is 0.0337. The Balaban J connectivity index is 1.59.